The summed E-state index contributed by atoms with van der Waals surface area (Å²) in [5, 5.41) is 3.14. The van der Waals surface area contributed by atoms with Crippen LogP contribution in [0, 0.1) is 0 Å². The van der Waals surface area contributed by atoms with Crippen LogP contribution >= 0.6 is 11.6 Å². The lowest BCUT2D eigenvalue weighted by atomic mass is 10.1. The SMILES string of the molecule is O=C(Nc1ccccc1Cl)c1cccc(N2C(=O)c3ccccc3C2=O)c1. The van der Waals surface area contributed by atoms with Gasteiger partial charge in [-0.3, -0.25) is 14.4 Å². The third-order valence-electron chi connectivity index (χ3n) is 4.28. The van der Waals surface area contributed by atoms with E-state index in [1.807, 2.05) is 0 Å². The highest BCUT2D eigenvalue weighted by Crippen LogP contribution is 2.29. The number of amides is 3. The Bertz CT molecular complexity index is 1060. The van der Waals surface area contributed by atoms with Crippen LogP contribution in [0.25, 0.3) is 0 Å². The van der Waals surface area contributed by atoms with E-state index in [1.54, 1.807) is 66.7 Å². The van der Waals surface area contributed by atoms with Crippen molar-refractivity contribution in [2.24, 2.45) is 0 Å². The second-order valence-corrected chi connectivity index (χ2v) is 6.38. The smallest absolute Gasteiger partial charge is 0.266 e. The lowest BCUT2D eigenvalue weighted by Gasteiger charge is -2.15. The molecule has 0 aliphatic carbocycles. The number of hydrogen-bond donors (Lipinski definition) is 1. The Morgan fingerprint density at radius 1 is 0.815 bits per heavy atom. The predicted octanol–water partition coefficient (Wildman–Crippen LogP) is 4.39. The van der Waals surface area contributed by atoms with Crippen LogP contribution in [0.1, 0.15) is 31.1 Å². The maximum atomic E-state index is 12.6. The van der Waals surface area contributed by atoms with Gasteiger partial charge in [-0.05, 0) is 42.5 Å². The topological polar surface area (TPSA) is 66.5 Å². The molecule has 0 unspecified atom stereocenters. The van der Waals surface area contributed by atoms with Crippen molar-refractivity contribution >= 4 is 40.7 Å². The fourth-order valence-corrected chi connectivity index (χ4v) is 3.15. The van der Waals surface area contributed by atoms with E-state index in [2.05, 4.69) is 5.32 Å². The lowest BCUT2D eigenvalue weighted by molar-refractivity contribution is 0.0924. The highest BCUT2D eigenvalue weighted by Gasteiger charge is 2.36. The zero-order chi connectivity index (χ0) is 19.0. The van der Waals surface area contributed by atoms with Crippen molar-refractivity contribution in [2.45, 2.75) is 0 Å². The van der Waals surface area contributed by atoms with Crippen molar-refractivity contribution in [2.75, 3.05) is 10.2 Å². The monoisotopic (exact) mass is 376 g/mol. The number of imide groups is 1. The molecule has 0 spiro atoms. The quantitative estimate of drug-likeness (QED) is 0.689. The number of anilines is 2. The minimum Gasteiger partial charge on any atom is -0.321 e. The van der Waals surface area contributed by atoms with Gasteiger partial charge in [0.2, 0.25) is 0 Å². The zero-order valence-electron chi connectivity index (χ0n) is 14.0. The maximum absolute atomic E-state index is 12.6. The van der Waals surface area contributed by atoms with E-state index in [-0.39, 0.29) is 5.91 Å². The summed E-state index contributed by atoms with van der Waals surface area (Å²) in [6.45, 7) is 0. The molecule has 3 amide bonds. The highest BCUT2D eigenvalue weighted by molar-refractivity contribution is 6.35. The molecular formula is C21H13ClN2O3. The van der Waals surface area contributed by atoms with Crippen LogP contribution in [-0.4, -0.2) is 17.7 Å². The van der Waals surface area contributed by atoms with Gasteiger partial charge in [0.25, 0.3) is 17.7 Å². The fourth-order valence-electron chi connectivity index (χ4n) is 2.97. The summed E-state index contributed by atoms with van der Waals surface area (Å²) in [5.74, 6) is -1.19. The van der Waals surface area contributed by atoms with Crippen LogP contribution in [0.4, 0.5) is 11.4 Å². The van der Waals surface area contributed by atoms with E-state index in [0.29, 0.717) is 33.1 Å². The number of nitrogens with one attached hydrogen (secondary N) is 1. The van der Waals surface area contributed by atoms with E-state index >= 15 is 0 Å². The van der Waals surface area contributed by atoms with Crippen LogP contribution in [-0.2, 0) is 0 Å². The molecule has 0 saturated heterocycles. The normalized spacial score (nSPS) is 12.9. The first kappa shape index (κ1) is 17.0. The fraction of sp³-hybridized carbons (Fsp3) is 0. The van der Waals surface area contributed by atoms with E-state index < -0.39 is 11.8 Å². The number of fused-ring (bicyclic) bond motifs is 1. The van der Waals surface area contributed by atoms with Crippen LogP contribution in [0.5, 0.6) is 0 Å². The third kappa shape index (κ3) is 2.98. The standard InChI is InChI=1S/C21H13ClN2O3/c22-17-10-3-4-11-18(17)23-19(25)13-6-5-7-14(12-13)24-20(26)15-8-1-2-9-16(15)21(24)27/h1-12H,(H,23,25). The molecule has 1 aliphatic heterocycles. The average Bonchev–Trinajstić information content (AvgIpc) is 2.94. The molecule has 5 nitrogen and oxygen atoms in total. The van der Waals surface area contributed by atoms with Gasteiger partial charge in [0, 0.05) is 5.56 Å². The first-order chi connectivity index (χ1) is 13.1. The molecule has 132 valence electrons. The molecular weight excluding hydrogens is 364 g/mol. The summed E-state index contributed by atoms with van der Waals surface area (Å²) >= 11 is 6.07. The minimum atomic E-state index is -0.403. The number of hydrogen-bond acceptors (Lipinski definition) is 3. The van der Waals surface area contributed by atoms with Gasteiger partial charge in [-0.15, -0.1) is 0 Å². The minimum absolute atomic E-state index is 0.309. The Balaban J connectivity index is 1.64. The second kappa shape index (κ2) is 6.70. The van der Waals surface area contributed by atoms with Gasteiger partial charge in [0.1, 0.15) is 0 Å². The molecule has 0 saturated carbocycles. The molecule has 27 heavy (non-hydrogen) atoms. The number of halogens is 1. The van der Waals surface area contributed by atoms with Gasteiger partial charge in [-0.2, -0.15) is 0 Å². The molecule has 0 bridgehead atoms. The summed E-state index contributed by atoms with van der Waals surface area (Å²) in [7, 11) is 0. The van der Waals surface area contributed by atoms with E-state index in [4.69, 9.17) is 11.6 Å². The van der Waals surface area contributed by atoms with Gasteiger partial charge < -0.3 is 5.32 Å². The summed E-state index contributed by atoms with van der Waals surface area (Å²) in [6.07, 6.45) is 0. The third-order valence-corrected chi connectivity index (χ3v) is 4.61. The van der Waals surface area contributed by atoms with Crippen LogP contribution < -0.4 is 10.2 Å². The number of carbonyl (C=O) groups excluding carboxylic acids is 3. The van der Waals surface area contributed by atoms with E-state index in [0.717, 1.165) is 4.90 Å². The molecule has 0 fully saturated rings. The van der Waals surface area contributed by atoms with Crippen molar-refractivity contribution in [1.82, 2.24) is 0 Å². The Morgan fingerprint density at radius 2 is 1.44 bits per heavy atom. The first-order valence-corrected chi connectivity index (χ1v) is 8.58. The molecule has 3 aromatic carbocycles. The van der Waals surface area contributed by atoms with Crippen molar-refractivity contribution in [3.05, 3.63) is 94.5 Å². The number of nitrogens with zero attached hydrogens (tertiary/aromatic N) is 1. The molecule has 0 radical (unpaired) electrons. The maximum Gasteiger partial charge on any atom is 0.266 e. The van der Waals surface area contributed by atoms with Crippen molar-refractivity contribution in [3.63, 3.8) is 0 Å². The van der Waals surface area contributed by atoms with Gasteiger partial charge >= 0.3 is 0 Å². The second-order valence-electron chi connectivity index (χ2n) is 5.98. The van der Waals surface area contributed by atoms with Crippen LogP contribution in [0.15, 0.2) is 72.8 Å². The largest absolute Gasteiger partial charge is 0.321 e. The Labute approximate surface area is 160 Å². The van der Waals surface area contributed by atoms with Crippen molar-refractivity contribution in [1.29, 1.82) is 0 Å². The number of para-hydroxylation sites is 1. The Kier molecular flexibility index (Phi) is 4.22. The van der Waals surface area contributed by atoms with E-state index in [9.17, 15) is 14.4 Å². The summed E-state index contributed by atoms with van der Waals surface area (Å²) in [4.78, 5) is 38.9. The summed E-state index contributed by atoms with van der Waals surface area (Å²) in [6, 6.07) is 19.9. The molecule has 1 aliphatic rings. The average molecular weight is 377 g/mol. The summed E-state index contributed by atoms with van der Waals surface area (Å²) < 4.78 is 0. The van der Waals surface area contributed by atoms with Gasteiger partial charge in [-0.1, -0.05) is 41.9 Å². The van der Waals surface area contributed by atoms with Gasteiger partial charge in [0.05, 0.1) is 27.5 Å². The van der Waals surface area contributed by atoms with Gasteiger partial charge in [-0.25, -0.2) is 4.90 Å². The van der Waals surface area contributed by atoms with Crippen LogP contribution in [0.3, 0.4) is 0 Å². The Morgan fingerprint density at radius 3 is 2.11 bits per heavy atom. The molecule has 0 aromatic heterocycles. The number of rotatable bonds is 3. The van der Waals surface area contributed by atoms with Crippen molar-refractivity contribution in [3.8, 4) is 0 Å². The number of carbonyl (C=O) groups is 3. The molecule has 3 aromatic rings. The number of benzene rings is 3. The zero-order valence-corrected chi connectivity index (χ0v) is 14.7. The summed E-state index contributed by atoms with van der Waals surface area (Å²) in [5.41, 5.74) is 1.84. The first-order valence-electron chi connectivity index (χ1n) is 8.20. The van der Waals surface area contributed by atoms with E-state index in [1.165, 1.54) is 6.07 Å². The molecule has 6 heteroatoms. The van der Waals surface area contributed by atoms with Crippen LogP contribution in [0.2, 0.25) is 5.02 Å². The molecule has 1 N–H and O–H groups in total. The highest BCUT2D eigenvalue weighted by atomic mass is 35.5. The molecule has 1 heterocycles. The lowest BCUT2D eigenvalue weighted by Crippen LogP contribution is -2.29. The van der Waals surface area contributed by atoms with Gasteiger partial charge in [0.15, 0.2) is 0 Å². The molecule has 0 atom stereocenters. The Hall–Kier alpha value is -3.44. The molecule has 4 rings (SSSR count). The van der Waals surface area contributed by atoms with Crippen molar-refractivity contribution < 1.29 is 14.4 Å². The predicted molar refractivity (Wildman–Crippen MR) is 103 cm³/mol.